The molecule has 0 heterocycles. The van der Waals surface area contributed by atoms with Crippen molar-refractivity contribution in [2.75, 3.05) is 0 Å². The van der Waals surface area contributed by atoms with Gasteiger partial charge in [0.05, 0.1) is 0 Å². The van der Waals surface area contributed by atoms with Crippen LogP contribution in [0.15, 0.2) is 115 Å². The molecule has 0 amide bonds. The first-order valence-electron chi connectivity index (χ1n) is 12.1. The fourth-order valence-corrected chi connectivity index (χ4v) is 18.4. The zero-order valence-electron chi connectivity index (χ0n) is 19.8. The van der Waals surface area contributed by atoms with E-state index in [0.717, 1.165) is 6.42 Å². The molecule has 0 spiro atoms. The molecule has 1 heteroatoms. The first-order valence-corrected chi connectivity index (χ1v) is 17.8. The third-order valence-electron chi connectivity index (χ3n) is 7.18. The Bertz CT molecular complexity index is 1420. The van der Waals surface area contributed by atoms with E-state index in [2.05, 4.69) is 129 Å². The number of allylic oxidation sites excluding steroid dienone is 4. The van der Waals surface area contributed by atoms with Crippen molar-refractivity contribution in [2.45, 2.75) is 23.9 Å². The van der Waals surface area contributed by atoms with Crippen molar-refractivity contribution in [1.29, 1.82) is 0 Å². The predicted octanol–water partition coefficient (Wildman–Crippen LogP) is 7.30. The maximum absolute atomic E-state index is 2.73. The molecule has 0 aliphatic heterocycles. The Hall–Kier alpha value is -2.90. The number of fused-ring (bicyclic) bond motifs is 3. The van der Waals surface area contributed by atoms with Crippen molar-refractivity contribution in [1.82, 2.24) is 0 Å². The first kappa shape index (κ1) is 21.6. The van der Waals surface area contributed by atoms with Crippen molar-refractivity contribution >= 4 is 6.58 Å². The Kier molecular flexibility index (Phi) is 5.75. The standard InChI is InChI=1S/C15H13.C13H10.C5H5.Hf/c1-10-3-5-14-12(7-10)9-13-8-11(2)4-6-15(13)14;1-3-7-12(8-4-1)11-13-9-5-2-6-10-13;1-2-4-5-3-1;/h3-7H,9H2,1-2H3;1-10H;1-5H;. The van der Waals surface area contributed by atoms with Gasteiger partial charge in [0.25, 0.3) is 0 Å². The second-order valence-electron chi connectivity index (χ2n) is 9.44. The van der Waals surface area contributed by atoms with Crippen molar-refractivity contribution < 1.29 is 21.0 Å². The fraction of sp³-hybridized carbons (Fsp3) is 0.121. The molecule has 0 aromatic heterocycles. The molecular formula is C33H28Hf. The molecule has 164 valence electrons. The molecule has 0 radical (unpaired) electrons. The quantitative estimate of drug-likeness (QED) is 0.189. The number of hydrogen-bond donors (Lipinski definition) is 0. The monoisotopic (exact) mass is 604 g/mol. The topological polar surface area (TPSA) is 0 Å². The van der Waals surface area contributed by atoms with Crippen molar-refractivity contribution in [2.24, 2.45) is 0 Å². The molecule has 0 atom stereocenters. The van der Waals surface area contributed by atoms with Crippen LogP contribution in [0, 0.1) is 13.8 Å². The molecule has 2 aliphatic carbocycles. The molecule has 34 heavy (non-hydrogen) atoms. The Morgan fingerprint density at radius 1 is 0.706 bits per heavy atom. The van der Waals surface area contributed by atoms with E-state index in [1.54, 1.807) is 12.1 Å². The van der Waals surface area contributed by atoms with Crippen LogP contribution in [-0.2, 0) is 27.4 Å². The van der Waals surface area contributed by atoms with Gasteiger partial charge in [0.2, 0.25) is 0 Å². The molecule has 6 rings (SSSR count). The summed E-state index contributed by atoms with van der Waals surface area (Å²) >= 11 is -2.73. The SMILES string of the molecule is Cc1ccc2c(c1)Cc1c-2ccc(C)[c]1[Hf](=[C](c1ccccc1)c1ccccc1)[CH]1C=CC=C1. The Balaban J connectivity index is 1.70. The molecule has 0 fully saturated rings. The first-order chi connectivity index (χ1) is 16.7. The molecule has 0 saturated heterocycles. The van der Waals surface area contributed by atoms with E-state index in [-0.39, 0.29) is 0 Å². The van der Waals surface area contributed by atoms with Crippen LogP contribution in [0.4, 0.5) is 0 Å². The molecule has 0 nitrogen and oxygen atoms in total. The van der Waals surface area contributed by atoms with Crippen LogP contribution in [0.2, 0.25) is 3.67 Å². The van der Waals surface area contributed by atoms with Gasteiger partial charge in [0.1, 0.15) is 0 Å². The van der Waals surface area contributed by atoms with Crippen molar-refractivity contribution in [3.05, 3.63) is 149 Å². The Morgan fingerprint density at radius 2 is 1.32 bits per heavy atom. The summed E-state index contributed by atoms with van der Waals surface area (Å²) in [5.74, 6) is 0. The summed E-state index contributed by atoms with van der Waals surface area (Å²) < 4.78 is 3.87. The van der Waals surface area contributed by atoms with E-state index in [4.69, 9.17) is 0 Å². The molecule has 4 aromatic rings. The Morgan fingerprint density at radius 3 is 1.97 bits per heavy atom. The number of benzene rings is 4. The van der Waals surface area contributed by atoms with E-state index < -0.39 is 21.0 Å². The summed E-state index contributed by atoms with van der Waals surface area (Å²) in [5.41, 5.74) is 11.6. The average Bonchev–Trinajstić information content (AvgIpc) is 3.52. The number of aryl methyl sites for hydroxylation is 2. The van der Waals surface area contributed by atoms with E-state index >= 15 is 0 Å². The van der Waals surface area contributed by atoms with E-state index in [9.17, 15) is 0 Å². The third kappa shape index (κ3) is 3.77. The fourth-order valence-electron chi connectivity index (χ4n) is 5.67. The van der Waals surface area contributed by atoms with Crippen LogP contribution in [0.1, 0.15) is 33.4 Å². The summed E-state index contributed by atoms with van der Waals surface area (Å²) in [6.07, 6.45) is 10.5. The van der Waals surface area contributed by atoms with E-state index in [0.29, 0.717) is 3.67 Å². The molecule has 0 saturated carbocycles. The van der Waals surface area contributed by atoms with Gasteiger partial charge in [-0.05, 0) is 0 Å². The van der Waals surface area contributed by atoms with Crippen LogP contribution in [-0.4, -0.2) is 3.26 Å². The minimum atomic E-state index is -2.73. The molecule has 2 aliphatic rings. The van der Waals surface area contributed by atoms with Crippen molar-refractivity contribution in [3.8, 4) is 11.1 Å². The van der Waals surface area contributed by atoms with E-state index in [1.807, 2.05) is 0 Å². The van der Waals surface area contributed by atoms with Gasteiger partial charge in [-0.1, -0.05) is 0 Å². The summed E-state index contributed by atoms with van der Waals surface area (Å²) in [5, 5.41) is 0. The second-order valence-corrected chi connectivity index (χ2v) is 18.4. The summed E-state index contributed by atoms with van der Waals surface area (Å²) in [4.78, 5) is 0. The minimum absolute atomic E-state index is 0.538. The van der Waals surface area contributed by atoms with Gasteiger partial charge in [0.15, 0.2) is 0 Å². The Labute approximate surface area is 210 Å². The van der Waals surface area contributed by atoms with Crippen LogP contribution in [0.5, 0.6) is 0 Å². The summed E-state index contributed by atoms with van der Waals surface area (Å²) in [6.45, 7) is 4.56. The summed E-state index contributed by atoms with van der Waals surface area (Å²) in [6, 6.07) is 34.1. The van der Waals surface area contributed by atoms with Gasteiger partial charge in [-0.25, -0.2) is 0 Å². The average molecular weight is 603 g/mol. The zero-order chi connectivity index (χ0) is 23.1. The number of rotatable bonds is 4. The van der Waals surface area contributed by atoms with Gasteiger partial charge >= 0.3 is 211 Å². The molecule has 0 bridgehead atoms. The van der Waals surface area contributed by atoms with Gasteiger partial charge < -0.3 is 0 Å². The van der Waals surface area contributed by atoms with Gasteiger partial charge in [0, 0.05) is 0 Å². The predicted molar refractivity (Wildman–Crippen MR) is 142 cm³/mol. The summed E-state index contributed by atoms with van der Waals surface area (Å²) in [7, 11) is 0. The molecule has 0 N–H and O–H groups in total. The van der Waals surface area contributed by atoms with Crippen LogP contribution in [0.3, 0.4) is 0 Å². The molecule has 0 unspecified atom stereocenters. The van der Waals surface area contributed by atoms with Gasteiger partial charge in [-0.2, -0.15) is 0 Å². The maximum atomic E-state index is 2.47. The van der Waals surface area contributed by atoms with Gasteiger partial charge in [-0.15, -0.1) is 0 Å². The van der Waals surface area contributed by atoms with Crippen molar-refractivity contribution in [3.63, 3.8) is 0 Å². The van der Waals surface area contributed by atoms with E-state index in [1.165, 1.54) is 38.9 Å². The second kappa shape index (κ2) is 9.04. The van der Waals surface area contributed by atoms with Crippen LogP contribution < -0.4 is 3.32 Å². The third-order valence-corrected chi connectivity index (χ3v) is 19.4. The number of hydrogen-bond acceptors (Lipinski definition) is 0. The molecule has 4 aromatic carbocycles. The van der Waals surface area contributed by atoms with Crippen LogP contribution in [0.25, 0.3) is 11.1 Å². The zero-order valence-corrected chi connectivity index (χ0v) is 23.3. The normalized spacial score (nSPS) is 13.7. The van der Waals surface area contributed by atoms with Gasteiger partial charge in [-0.3, -0.25) is 0 Å². The van der Waals surface area contributed by atoms with Crippen LogP contribution >= 0.6 is 0 Å². The molecular weight excluding hydrogens is 575 g/mol.